The summed E-state index contributed by atoms with van der Waals surface area (Å²) < 4.78 is 11.6. The maximum Gasteiger partial charge on any atom is 0.0813 e. The fourth-order valence-corrected chi connectivity index (χ4v) is 2.58. The Morgan fingerprint density at radius 3 is 2.80 bits per heavy atom. The third-order valence-electron chi connectivity index (χ3n) is 3.50. The Kier molecular flexibility index (Phi) is 4.00. The minimum atomic E-state index is 0.332. The van der Waals surface area contributed by atoms with Gasteiger partial charge in [-0.3, -0.25) is 0 Å². The summed E-state index contributed by atoms with van der Waals surface area (Å²) in [7, 11) is 0. The van der Waals surface area contributed by atoms with Crippen LogP contribution in [-0.2, 0) is 9.47 Å². The van der Waals surface area contributed by atoms with Crippen molar-refractivity contribution in [3.63, 3.8) is 0 Å². The van der Waals surface area contributed by atoms with Gasteiger partial charge in [-0.15, -0.1) is 0 Å². The smallest absolute Gasteiger partial charge is 0.0813 e. The molecule has 3 heteroatoms. The van der Waals surface area contributed by atoms with E-state index >= 15 is 0 Å². The van der Waals surface area contributed by atoms with E-state index in [1.54, 1.807) is 0 Å². The number of ether oxygens (including phenoxy) is 2. The first-order chi connectivity index (χ1) is 7.24. The maximum absolute atomic E-state index is 5.92. The quantitative estimate of drug-likeness (QED) is 0.778. The van der Waals surface area contributed by atoms with Crippen molar-refractivity contribution >= 4 is 0 Å². The third kappa shape index (κ3) is 3.44. The van der Waals surface area contributed by atoms with E-state index in [0.29, 0.717) is 24.4 Å². The first-order valence-corrected chi connectivity index (χ1v) is 6.26. The predicted octanol–water partition coefficient (Wildman–Crippen LogP) is 1.84. The van der Waals surface area contributed by atoms with Gasteiger partial charge < -0.3 is 15.2 Å². The Balaban J connectivity index is 1.64. The topological polar surface area (TPSA) is 44.5 Å². The molecule has 0 aromatic carbocycles. The molecule has 1 saturated carbocycles. The van der Waals surface area contributed by atoms with Crippen LogP contribution in [0, 0.1) is 0 Å². The molecule has 2 N–H and O–H groups in total. The van der Waals surface area contributed by atoms with Crippen LogP contribution in [0.5, 0.6) is 0 Å². The molecule has 1 saturated heterocycles. The van der Waals surface area contributed by atoms with Crippen LogP contribution in [0.25, 0.3) is 0 Å². The Morgan fingerprint density at radius 2 is 2.13 bits per heavy atom. The normalized spacial score (nSPS) is 42.0. The molecule has 1 aliphatic carbocycles. The van der Waals surface area contributed by atoms with Crippen molar-refractivity contribution < 1.29 is 9.47 Å². The molecule has 2 rings (SSSR count). The standard InChI is InChI=1S/C12H23NO2/c1-9-5-6-12(15-9)8-14-11-4-2-3-10(13)7-11/h9-12H,2-8,13H2,1H3. The Bertz CT molecular complexity index is 198. The number of nitrogens with two attached hydrogens (primary N) is 1. The Labute approximate surface area is 92.3 Å². The zero-order valence-electron chi connectivity index (χ0n) is 9.65. The van der Waals surface area contributed by atoms with Gasteiger partial charge in [0, 0.05) is 6.04 Å². The van der Waals surface area contributed by atoms with E-state index in [-0.39, 0.29) is 0 Å². The number of hydrogen-bond acceptors (Lipinski definition) is 3. The first-order valence-electron chi connectivity index (χ1n) is 6.26. The van der Waals surface area contributed by atoms with Gasteiger partial charge in [0.15, 0.2) is 0 Å². The van der Waals surface area contributed by atoms with Gasteiger partial charge in [0.05, 0.1) is 24.9 Å². The van der Waals surface area contributed by atoms with Gasteiger partial charge in [0.25, 0.3) is 0 Å². The molecule has 0 amide bonds. The predicted molar refractivity (Wildman–Crippen MR) is 59.8 cm³/mol. The van der Waals surface area contributed by atoms with Gasteiger partial charge in [-0.1, -0.05) is 0 Å². The van der Waals surface area contributed by atoms with E-state index in [0.717, 1.165) is 25.9 Å². The molecular weight excluding hydrogens is 190 g/mol. The minimum absolute atomic E-state index is 0.332. The molecule has 4 unspecified atom stereocenters. The lowest BCUT2D eigenvalue weighted by Gasteiger charge is -2.27. The van der Waals surface area contributed by atoms with Gasteiger partial charge in [0.1, 0.15) is 0 Å². The van der Waals surface area contributed by atoms with Crippen LogP contribution in [0.2, 0.25) is 0 Å². The SMILES string of the molecule is CC1CCC(COC2CCCC(N)C2)O1. The van der Waals surface area contributed by atoms with E-state index in [1.165, 1.54) is 19.3 Å². The molecule has 88 valence electrons. The summed E-state index contributed by atoms with van der Waals surface area (Å²) >= 11 is 0. The van der Waals surface area contributed by atoms with Gasteiger partial charge in [-0.05, 0) is 45.4 Å². The summed E-state index contributed by atoms with van der Waals surface area (Å²) in [5.74, 6) is 0. The highest BCUT2D eigenvalue weighted by Gasteiger charge is 2.25. The molecule has 0 aromatic rings. The molecular formula is C12H23NO2. The van der Waals surface area contributed by atoms with Crippen molar-refractivity contribution in [2.45, 2.75) is 69.8 Å². The average Bonchev–Trinajstić information content (AvgIpc) is 2.62. The monoisotopic (exact) mass is 213 g/mol. The lowest BCUT2D eigenvalue weighted by molar-refractivity contribution is -0.0489. The van der Waals surface area contributed by atoms with E-state index < -0.39 is 0 Å². The molecule has 2 fully saturated rings. The highest BCUT2D eigenvalue weighted by atomic mass is 16.5. The second-order valence-electron chi connectivity index (χ2n) is 5.03. The van der Waals surface area contributed by atoms with E-state index in [2.05, 4.69) is 6.92 Å². The summed E-state index contributed by atoms with van der Waals surface area (Å²) in [4.78, 5) is 0. The zero-order valence-corrected chi connectivity index (χ0v) is 9.65. The van der Waals surface area contributed by atoms with Crippen molar-refractivity contribution in [1.29, 1.82) is 0 Å². The fraction of sp³-hybridized carbons (Fsp3) is 1.00. The van der Waals surface area contributed by atoms with Crippen LogP contribution < -0.4 is 5.73 Å². The second kappa shape index (κ2) is 5.28. The lowest BCUT2D eigenvalue weighted by Crippen LogP contribution is -2.33. The van der Waals surface area contributed by atoms with Crippen molar-refractivity contribution in [1.82, 2.24) is 0 Å². The summed E-state index contributed by atoms with van der Waals surface area (Å²) in [6, 6.07) is 0.354. The first kappa shape index (κ1) is 11.4. The van der Waals surface area contributed by atoms with Crippen molar-refractivity contribution in [2.75, 3.05) is 6.61 Å². The van der Waals surface area contributed by atoms with Gasteiger partial charge in [0.2, 0.25) is 0 Å². The summed E-state index contributed by atoms with van der Waals surface area (Å²) in [5, 5.41) is 0. The molecule has 0 aromatic heterocycles. The van der Waals surface area contributed by atoms with Crippen LogP contribution in [0.15, 0.2) is 0 Å². The zero-order chi connectivity index (χ0) is 10.7. The molecule has 1 heterocycles. The molecule has 2 aliphatic rings. The molecule has 15 heavy (non-hydrogen) atoms. The van der Waals surface area contributed by atoms with Crippen LogP contribution >= 0.6 is 0 Å². The fourth-order valence-electron chi connectivity index (χ4n) is 2.58. The van der Waals surface area contributed by atoms with E-state index in [1.807, 2.05) is 0 Å². The van der Waals surface area contributed by atoms with Crippen molar-refractivity contribution in [2.24, 2.45) is 5.73 Å². The van der Waals surface area contributed by atoms with Crippen molar-refractivity contribution in [3.05, 3.63) is 0 Å². The van der Waals surface area contributed by atoms with Gasteiger partial charge in [-0.2, -0.15) is 0 Å². The molecule has 3 nitrogen and oxygen atoms in total. The van der Waals surface area contributed by atoms with Crippen molar-refractivity contribution in [3.8, 4) is 0 Å². The van der Waals surface area contributed by atoms with E-state index in [9.17, 15) is 0 Å². The molecule has 0 radical (unpaired) electrons. The number of hydrogen-bond donors (Lipinski definition) is 1. The maximum atomic E-state index is 5.92. The molecule has 0 spiro atoms. The highest BCUT2D eigenvalue weighted by Crippen LogP contribution is 2.23. The van der Waals surface area contributed by atoms with Gasteiger partial charge >= 0.3 is 0 Å². The highest BCUT2D eigenvalue weighted by molar-refractivity contribution is 4.77. The Hall–Kier alpha value is -0.120. The minimum Gasteiger partial charge on any atom is -0.375 e. The largest absolute Gasteiger partial charge is 0.375 e. The summed E-state index contributed by atoms with van der Waals surface area (Å²) in [5.41, 5.74) is 5.92. The Morgan fingerprint density at radius 1 is 1.27 bits per heavy atom. The summed E-state index contributed by atoms with van der Waals surface area (Å²) in [6.45, 7) is 2.90. The molecule has 1 aliphatic heterocycles. The van der Waals surface area contributed by atoms with Crippen LogP contribution in [0.4, 0.5) is 0 Å². The third-order valence-corrected chi connectivity index (χ3v) is 3.50. The average molecular weight is 213 g/mol. The van der Waals surface area contributed by atoms with Crippen LogP contribution in [0.3, 0.4) is 0 Å². The number of rotatable bonds is 3. The van der Waals surface area contributed by atoms with E-state index in [4.69, 9.17) is 15.2 Å². The molecule has 4 atom stereocenters. The summed E-state index contributed by atoms with van der Waals surface area (Å²) in [6.07, 6.45) is 8.06. The van der Waals surface area contributed by atoms with Crippen LogP contribution in [0.1, 0.15) is 45.4 Å². The van der Waals surface area contributed by atoms with Gasteiger partial charge in [-0.25, -0.2) is 0 Å². The second-order valence-corrected chi connectivity index (χ2v) is 5.03. The lowest BCUT2D eigenvalue weighted by atomic mass is 9.93. The molecule has 0 bridgehead atoms. The van der Waals surface area contributed by atoms with Crippen LogP contribution in [-0.4, -0.2) is 31.0 Å².